The molecule has 0 bridgehead atoms. The maximum Gasteiger partial charge on any atom is 0.246 e. The fraction of sp³-hybridized carbons (Fsp3) is 0.812. The van der Waals surface area contributed by atoms with E-state index >= 15 is 0 Å². The lowest BCUT2D eigenvalue weighted by molar-refractivity contribution is -0.141. The molecular weight excluding hydrogens is 298 g/mol. The molecule has 7 nitrogen and oxygen atoms in total. The minimum Gasteiger partial charge on any atom is -0.423 e. The minimum atomic E-state index is -0.338. The summed E-state index contributed by atoms with van der Waals surface area (Å²) in [4.78, 5) is 14.1. The predicted molar refractivity (Wildman–Crippen MR) is 83.8 cm³/mol. The average Bonchev–Trinajstić information content (AvgIpc) is 2.93. The van der Waals surface area contributed by atoms with Crippen LogP contribution >= 0.6 is 0 Å². The molecule has 0 saturated carbocycles. The Bertz CT molecular complexity index is 503. The molecule has 1 aliphatic heterocycles. The van der Waals surface area contributed by atoms with E-state index < -0.39 is 0 Å². The van der Waals surface area contributed by atoms with Gasteiger partial charge in [-0.3, -0.25) is 4.79 Å². The highest BCUT2D eigenvalue weighted by Crippen LogP contribution is 2.21. The van der Waals surface area contributed by atoms with Gasteiger partial charge in [-0.15, -0.1) is 10.2 Å². The topological polar surface area (TPSA) is 77.7 Å². The van der Waals surface area contributed by atoms with E-state index in [2.05, 4.69) is 24.0 Å². The smallest absolute Gasteiger partial charge is 0.246 e. The van der Waals surface area contributed by atoms with Gasteiger partial charge in [0.15, 0.2) is 6.10 Å². The standard InChI is InChI=1S/C16H27N3O4/c1-11(2)9-12(3)21-7-5-15(20)19-6-8-22-14(10-19)16-18-17-13(4)23-16/h11-12,14H,5-10H2,1-4H3. The van der Waals surface area contributed by atoms with Gasteiger partial charge in [-0.25, -0.2) is 0 Å². The molecule has 2 unspecified atom stereocenters. The highest BCUT2D eigenvalue weighted by molar-refractivity contribution is 5.76. The van der Waals surface area contributed by atoms with Gasteiger partial charge < -0.3 is 18.8 Å². The van der Waals surface area contributed by atoms with Crippen LogP contribution < -0.4 is 0 Å². The number of carbonyl (C=O) groups excluding carboxylic acids is 1. The van der Waals surface area contributed by atoms with Crippen molar-refractivity contribution in [2.24, 2.45) is 5.92 Å². The first-order valence-electron chi connectivity index (χ1n) is 8.26. The number of nitrogens with zero attached hydrogens (tertiary/aromatic N) is 3. The summed E-state index contributed by atoms with van der Waals surface area (Å²) in [5.41, 5.74) is 0. The van der Waals surface area contributed by atoms with Crippen molar-refractivity contribution in [1.82, 2.24) is 15.1 Å². The molecule has 1 aromatic heterocycles. The molecule has 130 valence electrons. The molecule has 2 rings (SSSR count). The third-order valence-electron chi connectivity index (χ3n) is 3.76. The van der Waals surface area contributed by atoms with Crippen LogP contribution in [0.4, 0.5) is 0 Å². The van der Waals surface area contributed by atoms with E-state index in [1.807, 2.05) is 6.92 Å². The molecule has 1 saturated heterocycles. The van der Waals surface area contributed by atoms with Crippen molar-refractivity contribution in [2.45, 2.75) is 52.7 Å². The van der Waals surface area contributed by atoms with Gasteiger partial charge in [0.2, 0.25) is 17.7 Å². The normalized spacial score (nSPS) is 20.0. The molecule has 0 N–H and O–H groups in total. The molecular formula is C16H27N3O4. The fourth-order valence-corrected chi connectivity index (χ4v) is 2.70. The maximum atomic E-state index is 12.3. The quantitative estimate of drug-likeness (QED) is 0.764. The summed E-state index contributed by atoms with van der Waals surface area (Å²) < 4.78 is 16.7. The molecule has 0 spiro atoms. The molecule has 0 aliphatic carbocycles. The first kappa shape index (κ1) is 17.9. The van der Waals surface area contributed by atoms with Crippen LogP contribution in [0, 0.1) is 12.8 Å². The van der Waals surface area contributed by atoms with Crippen molar-refractivity contribution >= 4 is 5.91 Å². The highest BCUT2D eigenvalue weighted by Gasteiger charge is 2.28. The Morgan fingerprint density at radius 1 is 1.39 bits per heavy atom. The Kier molecular flexibility index (Phi) is 6.53. The predicted octanol–water partition coefficient (Wildman–Crippen LogP) is 2.12. The lowest BCUT2D eigenvalue weighted by Gasteiger charge is -2.31. The van der Waals surface area contributed by atoms with E-state index in [1.165, 1.54) is 0 Å². The van der Waals surface area contributed by atoms with E-state index in [1.54, 1.807) is 11.8 Å². The Labute approximate surface area is 137 Å². The third-order valence-corrected chi connectivity index (χ3v) is 3.76. The van der Waals surface area contributed by atoms with Gasteiger partial charge in [-0.05, 0) is 19.3 Å². The van der Waals surface area contributed by atoms with Crippen LogP contribution in [0.15, 0.2) is 4.42 Å². The molecule has 7 heteroatoms. The van der Waals surface area contributed by atoms with Gasteiger partial charge in [0.25, 0.3) is 0 Å². The maximum absolute atomic E-state index is 12.3. The summed E-state index contributed by atoms with van der Waals surface area (Å²) in [5.74, 6) is 1.60. The summed E-state index contributed by atoms with van der Waals surface area (Å²) in [7, 11) is 0. The van der Waals surface area contributed by atoms with Crippen molar-refractivity contribution < 1.29 is 18.7 Å². The van der Waals surface area contributed by atoms with E-state index in [9.17, 15) is 4.79 Å². The van der Waals surface area contributed by atoms with E-state index in [4.69, 9.17) is 13.9 Å². The number of amides is 1. The van der Waals surface area contributed by atoms with Gasteiger partial charge in [0.05, 0.1) is 32.3 Å². The number of aryl methyl sites for hydroxylation is 1. The van der Waals surface area contributed by atoms with Crippen LogP contribution in [-0.2, 0) is 14.3 Å². The lowest BCUT2D eigenvalue weighted by Crippen LogP contribution is -2.42. The van der Waals surface area contributed by atoms with Crippen molar-refractivity contribution in [2.75, 3.05) is 26.3 Å². The zero-order valence-electron chi connectivity index (χ0n) is 14.4. The second-order valence-corrected chi connectivity index (χ2v) is 6.42. The fourth-order valence-electron chi connectivity index (χ4n) is 2.70. The van der Waals surface area contributed by atoms with Gasteiger partial charge in [0.1, 0.15) is 0 Å². The number of carbonyl (C=O) groups is 1. The SMILES string of the molecule is Cc1nnc(C2CN(C(=O)CCOC(C)CC(C)C)CCO2)o1. The van der Waals surface area contributed by atoms with E-state index in [0.717, 1.165) is 6.42 Å². The Morgan fingerprint density at radius 3 is 2.83 bits per heavy atom. The van der Waals surface area contributed by atoms with Gasteiger partial charge in [-0.2, -0.15) is 0 Å². The second kappa shape index (κ2) is 8.40. The van der Waals surface area contributed by atoms with Gasteiger partial charge >= 0.3 is 0 Å². The number of ether oxygens (including phenoxy) is 2. The van der Waals surface area contributed by atoms with Crippen LogP contribution in [0.2, 0.25) is 0 Å². The molecule has 23 heavy (non-hydrogen) atoms. The molecule has 1 fully saturated rings. The average molecular weight is 325 g/mol. The number of rotatable bonds is 7. The molecule has 0 radical (unpaired) electrons. The number of hydrogen-bond acceptors (Lipinski definition) is 6. The molecule has 2 heterocycles. The largest absolute Gasteiger partial charge is 0.423 e. The Balaban J connectivity index is 1.76. The van der Waals surface area contributed by atoms with Crippen LogP contribution in [-0.4, -0.2) is 53.4 Å². The summed E-state index contributed by atoms with van der Waals surface area (Å²) in [6.45, 7) is 10.1. The van der Waals surface area contributed by atoms with E-state index in [-0.39, 0.29) is 18.1 Å². The summed E-state index contributed by atoms with van der Waals surface area (Å²) in [5, 5.41) is 7.78. The minimum absolute atomic E-state index is 0.0753. The van der Waals surface area contributed by atoms with Crippen molar-refractivity contribution in [3.63, 3.8) is 0 Å². The molecule has 1 aliphatic rings. The zero-order chi connectivity index (χ0) is 16.8. The lowest BCUT2D eigenvalue weighted by atomic mass is 10.1. The summed E-state index contributed by atoms with van der Waals surface area (Å²) in [6, 6.07) is 0. The first-order chi connectivity index (χ1) is 11.0. The van der Waals surface area contributed by atoms with Crippen LogP contribution in [0.25, 0.3) is 0 Å². The van der Waals surface area contributed by atoms with Crippen molar-refractivity contribution in [3.8, 4) is 0 Å². The molecule has 0 aromatic carbocycles. The zero-order valence-corrected chi connectivity index (χ0v) is 14.4. The molecule has 1 amide bonds. The highest BCUT2D eigenvalue weighted by atomic mass is 16.5. The van der Waals surface area contributed by atoms with Crippen LogP contribution in [0.3, 0.4) is 0 Å². The molecule has 2 atom stereocenters. The van der Waals surface area contributed by atoms with Crippen molar-refractivity contribution in [1.29, 1.82) is 0 Å². The molecule has 1 aromatic rings. The summed E-state index contributed by atoms with van der Waals surface area (Å²) in [6.07, 6.45) is 1.24. The Hall–Kier alpha value is -1.47. The number of morpholine rings is 1. The van der Waals surface area contributed by atoms with Crippen molar-refractivity contribution in [3.05, 3.63) is 11.8 Å². The monoisotopic (exact) mass is 325 g/mol. The van der Waals surface area contributed by atoms with Gasteiger partial charge in [0, 0.05) is 13.5 Å². The second-order valence-electron chi connectivity index (χ2n) is 6.42. The number of aromatic nitrogens is 2. The number of hydrogen-bond donors (Lipinski definition) is 0. The first-order valence-corrected chi connectivity index (χ1v) is 8.26. The van der Waals surface area contributed by atoms with Gasteiger partial charge in [-0.1, -0.05) is 13.8 Å². The Morgan fingerprint density at radius 2 is 2.17 bits per heavy atom. The summed E-state index contributed by atoms with van der Waals surface area (Å²) >= 11 is 0. The third kappa shape index (κ3) is 5.58. The van der Waals surface area contributed by atoms with E-state index in [0.29, 0.717) is 50.4 Å². The van der Waals surface area contributed by atoms with Crippen LogP contribution in [0.1, 0.15) is 51.5 Å². The van der Waals surface area contributed by atoms with Crippen LogP contribution in [0.5, 0.6) is 0 Å².